The van der Waals surface area contributed by atoms with E-state index in [4.69, 9.17) is 28.9 Å². The van der Waals surface area contributed by atoms with Gasteiger partial charge in [0.25, 0.3) is 0 Å². The van der Waals surface area contributed by atoms with Crippen molar-refractivity contribution in [2.24, 2.45) is 11.1 Å². The Morgan fingerprint density at radius 1 is 1.19 bits per heavy atom. The molecule has 0 saturated carbocycles. The van der Waals surface area contributed by atoms with Gasteiger partial charge in [0, 0.05) is 24.7 Å². The van der Waals surface area contributed by atoms with Gasteiger partial charge in [-0.2, -0.15) is 4.31 Å². The van der Waals surface area contributed by atoms with Crippen molar-refractivity contribution in [3.05, 3.63) is 27.7 Å². The summed E-state index contributed by atoms with van der Waals surface area (Å²) in [5.41, 5.74) is 6.35. The van der Waals surface area contributed by atoms with Gasteiger partial charge in [0.05, 0.1) is 5.02 Å². The van der Waals surface area contributed by atoms with E-state index in [9.17, 15) is 8.42 Å². The monoisotopic (exact) mass is 350 g/mol. The largest absolute Gasteiger partial charge is 0.326 e. The third-order valence-corrected chi connectivity index (χ3v) is 6.73. The van der Waals surface area contributed by atoms with E-state index in [1.54, 1.807) is 0 Å². The summed E-state index contributed by atoms with van der Waals surface area (Å²) < 4.78 is 27.0. The van der Waals surface area contributed by atoms with Crippen molar-refractivity contribution in [1.82, 2.24) is 4.31 Å². The predicted octanol–water partition coefficient (Wildman–Crippen LogP) is 3.26. The summed E-state index contributed by atoms with van der Waals surface area (Å²) in [6, 6.07) is 2.94. The smallest absolute Gasteiger partial charge is 0.244 e. The second kappa shape index (κ2) is 6.05. The highest BCUT2D eigenvalue weighted by atomic mass is 35.5. The molecule has 2 N–H and O–H groups in total. The van der Waals surface area contributed by atoms with Crippen LogP contribution >= 0.6 is 23.2 Å². The number of hydrogen-bond donors (Lipinski definition) is 1. The van der Waals surface area contributed by atoms with Crippen molar-refractivity contribution in [3.63, 3.8) is 0 Å². The third kappa shape index (κ3) is 3.54. The molecule has 0 spiro atoms. The lowest BCUT2D eigenvalue weighted by Gasteiger charge is -2.36. The van der Waals surface area contributed by atoms with E-state index in [1.165, 1.54) is 16.4 Å². The molecule has 0 aliphatic carbocycles. The summed E-state index contributed by atoms with van der Waals surface area (Å²) in [4.78, 5) is 0.0914. The zero-order chi connectivity index (χ0) is 15.8. The first-order chi connectivity index (χ1) is 9.67. The van der Waals surface area contributed by atoms with Crippen LogP contribution in [-0.2, 0) is 16.6 Å². The van der Waals surface area contributed by atoms with Crippen LogP contribution < -0.4 is 5.73 Å². The van der Waals surface area contributed by atoms with Gasteiger partial charge < -0.3 is 5.73 Å². The minimum absolute atomic E-state index is 0.0914. The number of sulfonamides is 1. The zero-order valence-corrected chi connectivity index (χ0v) is 14.5. The lowest BCUT2D eigenvalue weighted by molar-refractivity contribution is 0.196. The highest BCUT2D eigenvalue weighted by Gasteiger charge is 2.34. The third-order valence-electron chi connectivity index (χ3n) is 4.01. The minimum Gasteiger partial charge on any atom is -0.326 e. The Bertz CT molecular complexity index is 635. The Balaban J connectivity index is 2.36. The maximum absolute atomic E-state index is 12.8. The van der Waals surface area contributed by atoms with Gasteiger partial charge in [-0.15, -0.1) is 0 Å². The highest BCUT2D eigenvalue weighted by Crippen LogP contribution is 2.35. The molecule has 1 aromatic rings. The molecule has 0 amide bonds. The van der Waals surface area contributed by atoms with Crippen LogP contribution in [0.15, 0.2) is 17.0 Å². The Morgan fingerprint density at radius 2 is 1.76 bits per heavy atom. The SMILES string of the molecule is CC1(C)CCN(S(=O)(=O)c2cc(CN)c(Cl)cc2Cl)CC1. The number of piperidine rings is 1. The van der Waals surface area contributed by atoms with Crippen molar-refractivity contribution in [3.8, 4) is 0 Å². The Hall–Kier alpha value is -0.330. The van der Waals surface area contributed by atoms with Gasteiger partial charge in [-0.1, -0.05) is 37.0 Å². The van der Waals surface area contributed by atoms with Gasteiger partial charge in [0.15, 0.2) is 0 Å². The van der Waals surface area contributed by atoms with Gasteiger partial charge in [0.2, 0.25) is 10.0 Å². The van der Waals surface area contributed by atoms with Crippen molar-refractivity contribution >= 4 is 33.2 Å². The molecule has 0 radical (unpaired) electrons. The molecular weight excluding hydrogens is 331 g/mol. The predicted molar refractivity (Wildman–Crippen MR) is 86.1 cm³/mol. The molecule has 2 rings (SSSR count). The Morgan fingerprint density at radius 3 is 2.29 bits per heavy atom. The normalized spacial score (nSPS) is 19.7. The summed E-state index contributed by atoms with van der Waals surface area (Å²) in [6.07, 6.45) is 1.67. The van der Waals surface area contributed by atoms with Crippen molar-refractivity contribution in [2.75, 3.05) is 13.1 Å². The summed E-state index contributed by atoms with van der Waals surface area (Å²) >= 11 is 12.1. The molecule has 0 unspecified atom stereocenters. The number of benzene rings is 1. The Labute approximate surface area is 136 Å². The van der Waals surface area contributed by atoms with Gasteiger partial charge in [-0.05, 0) is 36.0 Å². The number of nitrogens with two attached hydrogens (primary N) is 1. The fourth-order valence-electron chi connectivity index (χ4n) is 2.40. The first kappa shape index (κ1) is 17.0. The zero-order valence-electron chi connectivity index (χ0n) is 12.2. The summed E-state index contributed by atoms with van der Waals surface area (Å²) in [7, 11) is -3.61. The first-order valence-electron chi connectivity index (χ1n) is 6.85. The van der Waals surface area contributed by atoms with E-state index in [-0.39, 0.29) is 21.9 Å². The number of halogens is 2. The summed E-state index contributed by atoms with van der Waals surface area (Å²) in [5.74, 6) is 0. The second-order valence-corrected chi connectivity index (χ2v) is 8.87. The van der Waals surface area contributed by atoms with Crippen LogP contribution in [0.4, 0.5) is 0 Å². The van der Waals surface area contributed by atoms with Gasteiger partial charge in [-0.3, -0.25) is 0 Å². The molecule has 4 nitrogen and oxygen atoms in total. The highest BCUT2D eigenvalue weighted by molar-refractivity contribution is 7.89. The maximum atomic E-state index is 12.8. The van der Waals surface area contributed by atoms with Crippen LogP contribution in [0, 0.1) is 5.41 Å². The molecule has 118 valence electrons. The van der Waals surface area contributed by atoms with Crippen LogP contribution in [0.1, 0.15) is 32.3 Å². The molecule has 1 aromatic carbocycles. The van der Waals surface area contributed by atoms with Gasteiger partial charge in [0.1, 0.15) is 4.90 Å². The standard InChI is InChI=1S/C14H20Cl2N2O2S/c1-14(2)3-5-18(6-4-14)21(19,20)13-7-10(9-17)11(15)8-12(13)16/h7-8H,3-6,9,17H2,1-2H3. The number of rotatable bonds is 3. The minimum atomic E-state index is -3.61. The summed E-state index contributed by atoms with van der Waals surface area (Å²) in [5, 5.41) is 0.531. The van der Waals surface area contributed by atoms with E-state index in [0.29, 0.717) is 23.7 Å². The van der Waals surface area contributed by atoms with E-state index in [2.05, 4.69) is 13.8 Å². The fraction of sp³-hybridized carbons (Fsp3) is 0.571. The molecule has 1 saturated heterocycles. The molecule has 7 heteroatoms. The average Bonchev–Trinajstić information content (AvgIpc) is 2.38. The van der Waals surface area contributed by atoms with E-state index in [0.717, 1.165) is 12.8 Å². The van der Waals surface area contributed by atoms with E-state index < -0.39 is 10.0 Å². The van der Waals surface area contributed by atoms with Crippen LogP contribution in [0.3, 0.4) is 0 Å². The molecule has 1 aliphatic heterocycles. The topological polar surface area (TPSA) is 63.4 Å². The van der Waals surface area contributed by atoms with Crippen LogP contribution in [0.2, 0.25) is 10.0 Å². The van der Waals surface area contributed by atoms with Crippen molar-refractivity contribution in [1.29, 1.82) is 0 Å². The lowest BCUT2D eigenvalue weighted by Crippen LogP contribution is -2.41. The van der Waals surface area contributed by atoms with E-state index >= 15 is 0 Å². The molecular formula is C14H20Cl2N2O2S. The molecule has 21 heavy (non-hydrogen) atoms. The second-order valence-electron chi connectivity index (χ2n) is 6.15. The molecule has 0 atom stereocenters. The van der Waals surface area contributed by atoms with Crippen molar-refractivity contribution in [2.45, 2.75) is 38.1 Å². The van der Waals surface area contributed by atoms with Crippen molar-refractivity contribution < 1.29 is 8.42 Å². The quantitative estimate of drug-likeness (QED) is 0.909. The van der Waals surface area contributed by atoms with Crippen LogP contribution in [-0.4, -0.2) is 25.8 Å². The summed E-state index contributed by atoms with van der Waals surface area (Å²) in [6.45, 7) is 5.49. The van der Waals surface area contributed by atoms with Crippen LogP contribution in [0.5, 0.6) is 0 Å². The van der Waals surface area contributed by atoms with Gasteiger partial charge in [-0.25, -0.2) is 8.42 Å². The van der Waals surface area contributed by atoms with Crippen LogP contribution in [0.25, 0.3) is 0 Å². The van der Waals surface area contributed by atoms with Gasteiger partial charge >= 0.3 is 0 Å². The lowest BCUT2D eigenvalue weighted by atomic mass is 9.83. The maximum Gasteiger partial charge on any atom is 0.244 e. The Kier molecular flexibility index (Phi) is 4.90. The molecule has 1 fully saturated rings. The van der Waals surface area contributed by atoms with E-state index in [1.807, 2.05) is 0 Å². The number of nitrogens with zero attached hydrogens (tertiary/aromatic N) is 1. The number of hydrogen-bond acceptors (Lipinski definition) is 3. The molecule has 0 aromatic heterocycles. The molecule has 0 bridgehead atoms. The first-order valence-corrected chi connectivity index (χ1v) is 9.05. The fourth-order valence-corrected chi connectivity index (χ4v) is 4.69. The average molecular weight is 351 g/mol. The molecule has 1 heterocycles. The molecule has 1 aliphatic rings.